The molecule has 0 aromatic heterocycles. The molecular weight excluding hydrogens is 309 g/mol. The largest absolute Gasteiger partial charge is 0.485 e. The zero-order chi connectivity index (χ0) is 13.7. The molecule has 0 aliphatic carbocycles. The molecule has 2 N–H and O–H groups in total. The standard InChI is InChI=1S/C15H15BrFNO/c16-13-8-12(6-7-18)9-14(17)15(13)19-10-11-4-2-1-3-5-11/h1-5,8-9H,6-7,10,18H2. The van der Waals surface area contributed by atoms with Crippen LogP contribution in [-0.2, 0) is 13.0 Å². The van der Waals surface area contributed by atoms with Crippen LogP contribution >= 0.6 is 15.9 Å². The van der Waals surface area contributed by atoms with Crippen LogP contribution in [0.4, 0.5) is 4.39 Å². The lowest BCUT2D eigenvalue weighted by Crippen LogP contribution is -2.04. The fourth-order valence-electron chi connectivity index (χ4n) is 1.79. The number of ether oxygens (including phenoxy) is 1. The van der Waals surface area contributed by atoms with Gasteiger partial charge in [-0.05, 0) is 52.2 Å². The van der Waals surface area contributed by atoms with Gasteiger partial charge in [0.2, 0.25) is 0 Å². The van der Waals surface area contributed by atoms with Gasteiger partial charge in [-0.3, -0.25) is 0 Å². The monoisotopic (exact) mass is 323 g/mol. The average molecular weight is 324 g/mol. The Labute approximate surface area is 120 Å². The van der Waals surface area contributed by atoms with Gasteiger partial charge in [-0.1, -0.05) is 30.3 Å². The van der Waals surface area contributed by atoms with Crippen LogP contribution in [0.5, 0.6) is 5.75 Å². The highest BCUT2D eigenvalue weighted by Crippen LogP contribution is 2.30. The third kappa shape index (κ3) is 3.78. The molecule has 2 nitrogen and oxygen atoms in total. The predicted octanol–water partition coefficient (Wildman–Crippen LogP) is 3.67. The van der Waals surface area contributed by atoms with E-state index in [4.69, 9.17) is 10.5 Å². The normalized spacial score (nSPS) is 10.5. The van der Waals surface area contributed by atoms with E-state index < -0.39 is 0 Å². The lowest BCUT2D eigenvalue weighted by atomic mass is 10.1. The quantitative estimate of drug-likeness (QED) is 0.911. The van der Waals surface area contributed by atoms with E-state index in [-0.39, 0.29) is 11.6 Å². The van der Waals surface area contributed by atoms with Gasteiger partial charge in [0, 0.05) is 0 Å². The Kier molecular flexibility index (Phi) is 4.93. The number of rotatable bonds is 5. The highest BCUT2D eigenvalue weighted by atomic mass is 79.9. The maximum Gasteiger partial charge on any atom is 0.169 e. The Morgan fingerprint density at radius 3 is 2.47 bits per heavy atom. The molecule has 4 heteroatoms. The van der Waals surface area contributed by atoms with E-state index in [1.807, 2.05) is 36.4 Å². The molecule has 0 atom stereocenters. The molecule has 19 heavy (non-hydrogen) atoms. The van der Waals surface area contributed by atoms with Crippen molar-refractivity contribution in [2.45, 2.75) is 13.0 Å². The number of nitrogens with two attached hydrogens (primary N) is 1. The van der Waals surface area contributed by atoms with Crippen molar-refractivity contribution in [2.75, 3.05) is 6.54 Å². The lowest BCUT2D eigenvalue weighted by Gasteiger charge is -2.11. The molecule has 0 saturated carbocycles. The van der Waals surface area contributed by atoms with Gasteiger partial charge in [-0.15, -0.1) is 0 Å². The van der Waals surface area contributed by atoms with Gasteiger partial charge in [-0.2, -0.15) is 0 Å². The minimum Gasteiger partial charge on any atom is -0.485 e. The summed E-state index contributed by atoms with van der Waals surface area (Å²) in [4.78, 5) is 0. The number of halogens is 2. The summed E-state index contributed by atoms with van der Waals surface area (Å²) in [6.07, 6.45) is 0.647. The highest BCUT2D eigenvalue weighted by molar-refractivity contribution is 9.10. The molecule has 0 radical (unpaired) electrons. The third-order valence-electron chi connectivity index (χ3n) is 2.72. The van der Waals surface area contributed by atoms with Crippen LogP contribution in [0.2, 0.25) is 0 Å². The van der Waals surface area contributed by atoms with Crippen LogP contribution in [0, 0.1) is 5.82 Å². The zero-order valence-corrected chi connectivity index (χ0v) is 12.0. The van der Waals surface area contributed by atoms with Crippen molar-refractivity contribution in [3.8, 4) is 5.75 Å². The lowest BCUT2D eigenvalue weighted by molar-refractivity contribution is 0.288. The van der Waals surface area contributed by atoms with Crippen molar-refractivity contribution in [1.29, 1.82) is 0 Å². The second-order valence-corrected chi connectivity index (χ2v) is 5.06. The van der Waals surface area contributed by atoms with Gasteiger partial charge in [0.1, 0.15) is 6.61 Å². The van der Waals surface area contributed by atoms with Crippen molar-refractivity contribution in [3.05, 3.63) is 63.9 Å². The molecule has 0 aliphatic heterocycles. The third-order valence-corrected chi connectivity index (χ3v) is 3.31. The Morgan fingerprint density at radius 1 is 1.11 bits per heavy atom. The van der Waals surface area contributed by atoms with Gasteiger partial charge in [0.25, 0.3) is 0 Å². The molecule has 0 spiro atoms. The van der Waals surface area contributed by atoms with Crippen molar-refractivity contribution in [2.24, 2.45) is 5.73 Å². The van der Waals surface area contributed by atoms with Gasteiger partial charge in [-0.25, -0.2) is 4.39 Å². The van der Waals surface area contributed by atoms with Crippen molar-refractivity contribution in [1.82, 2.24) is 0 Å². The first-order chi connectivity index (χ1) is 9.20. The SMILES string of the molecule is NCCc1cc(F)c(OCc2ccccc2)c(Br)c1. The average Bonchev–Trinajstić information content (AvgIpc) is 2.39. The molecule has 2 aromatic rings. The Hall–Kier alpha value is -1.39. The summed E-state index contributed by atoms with van der Waals surface area (Å²) < 4.78 is 20.1. The first-order valence-corrected chi connectivity index (χ1v) is 6.84. The maximum atomic E-state index is 13.9. The van der Waals surface area contributed by atoms with Crippen LogP contribution in [0.15, 0.2) is 46.9 Å². The molecule has 2 aromatic carbocycles. The molecular formula is C15H15BrFNO. The molecule has 0 bridgehead atoms. The Bertz CT molecular complexity index is 522. The van der Waals surface area contributed by atoms with Gasteiger partial charge < -0.3 is 10.5 Å². The molecule has 0 amide bonds. The Balaban J connectivity index is 2.12. The van der Waals surface area contributed by atoms with E-state index in [0.717, 1.165) is 11.1 Å². The summed E-state index contributed by atoms with van der Waals surface area (Å²) in [5, 5.41) is 0. The smallest absolute Gasteiger partial charge is 0.169 e. The first-order valence-electron chi connectivity index (χ1n) is 6.05. The van der Waals surface area contributed by atoms with Crippen LogP contribution in [-0.4, -0.2) is 6.54 Å². The number of hydrogen-bond acceptors (Lipinski definition) is 2. The van der Waals surface area contributed by atoms with E-state index in [1.54, 1.807) is 0 Å². The van der Waals surface area contributed by atoms with Gasteiger partial charge in [0.15, 0.2) is 11.6 Å². The van der Waals surface area contributed by atoms with Crippen LogP contribution < -0.4 is 10.5 Å². The van der Waals surface area contributed by atoms with Gasteiger partial charge >= 0.3 is 0 Å². The van der Waals surface area contributed by atoms with E-state index in [0.29, 0.717) is 24.0 Å². The summed E-state index contributed by atoms with van der Waals surface area (Å²) in [5.74, 6) is -0.126. The second kappa shape index (κ2) is 6.68. The van der Waals surface area contributed by atoms with E-state index in [1.165, 1.54) is 6.07 Å². The second-order valence-electron chi connectivity index (χ2n) is 4.20. The first kappa shape index (κ1) is 14.0. The Morgan fingerprint density at radius 2 is 1.84 bits per heavy atom. The minimum atomic E-state index is -0.367. The molecule has 0 unspecified atom stereocenters. The summed E-state index contributed by atoms with van der Waals surface area (Å²) in [7, 11) is 0. The molecule has 100 valence electrons. The predicted molar refractivity (Wildman–Crippen MR) is 77.6 cm³/mol. The van der Waals surface area contributed by atoms with Crippen molar-refractivity contribution >= 4 is 15.9 Å². The number of hydrogen-bond donors (Lipinski definition) is 1. The zero-order valence-electron chi connectivity index (χ0n) is 10.4. The van der Waals surface area contributed by atoms with Crippen LogP contribution in [0.25, 0.3) is 0 Å². The molecule has 2 rings (SSSR count). The summed E-state index contributed by atoms with van der Waals surface area (Å²) >= 11 is 3.34. The summed E-state index contributed by atoms with van der Waals surface area (Å²) in [6.45, 7) is 0.836. The van der Waals surface area contributed by atoms with E-state index in [9.17, 15) is 4.39 Å². The minimum absolute atomic E-state index is 0.240. The summed E-state index contributed by atoms with van der Waals surface area (Å²) in [6, 6.07) is 13.0. The topological polar surface area (TPSA) is 35.2 Å². The van der Waals surface area contributed by atoms with Gasteiger partial charge in [0.05, 0.1) is 4.47 Å². The van der Waals surface area contributed by atoms with Crippen molar-refractivity contribution in [3.63, 3.8) is 0 Å². The maximum absolute atomic E-state index is 13.9. The fraction of sp³-hybridized carbons (Fsp3) is 0.200. The van der Waals surface area contributed by atoms with Crippen LogP contribution in [0.1, 0.15) is 11.1 Å². The number of benzene rings is 2. The van der Waals surface area contributed by atoms with E-state index in [2.05, 4.69) is 15.9 Å². The van der Waals surface area contributed by atoms with Crippen LogP contribution in [0.3, 0.4) is 0 Å². The molecule has 0 fully saturated rings. The van der Waals surface area contributed by atoms with E-state index >= 15 is 0 Å². The molecule has 0 aliphatic rings. The molecule has 0 saturated heterocycles. The van der Waals surface area contributed by atoms with Crippen molar-refractivity contribution < 1.29 is 9.13 Å². The fourth-order valence-corrected chi connectivity index (χ4v) is 2.39. The highest BCUT2D eigenvalue weighted by Gasteiger charge is 2.10. The molecule has 0 heterocycles. The summed E-state index contributed by atoms with van der Waals surface area (Å²) in [5.41, 5.74) is 7.32.